The van der Waals surface area contributed by atoms with Crippen molar-refractivity contribution < 1.29 is 22.4 Å². The van der Waals surface area contributed by atoms with Crippen LogP contribution in [0.3, 0.4) is 0 Å². The van der Waals surface area contributed by atoms with Crippen molar-refractivity contribution in [1.82, 2.24) is 10.2 Å². The van der Waals surface area contributed by atoms with E-state index in [1.165, 1.54) is 24.3 Å². The molecule has 1 atom stereocenters. The lowest BCUT2D eigenvalue weighted by molar-refractivity contribution is -0.141. The number of nitrogens with zero attached hydrogens (tertiary/aromatic N) is 2. The molecule has 1 N–H and O–H groups in total. The van der Waals surface area contributed by atoms with Gasteiger partial charge in [0.1, 0.15) is 11.9 Å². The molecule has 2 amide bonds. The predicted molar refractivity (Wildman–Crippen MR) is 148 cm³/mol. The molecular formula is C29H34FN3O4S. The fourth-order valence-electron chi connectivity index (χ4n) is 4.30. The van der Waals surface area contributed by atoms with Gasteiger partial charge in [-0.05, 0) is 54.3 Å². The molecule has 9 heteroatoms. The third kappa shape index (κ3) is 7.89. The maximum atomic E-state index is 13.7. The van der Waals surface area contributed by atoms with E-state index in [2.05, 4.69) is 5.32 Å². The average Bonchev–Trinajstić information content (AvgIpc) is 2.89. The predicted octanol–water partition coefficient (Wildman–Crippen LogP) is 4.07. The Bertz CT molecular complexity index is 1330. The van der Waals surface area contributed by atoms with Crippen LogP contribution in [0.4, 0.5) is 10.1 Å². The van der Waals surface area contributed by atoms with Crippen LogP contribution in [0.2, 0.25) is 0 Å². The van der Waals surface area contributed by atoms with Gasteiger partial charge in [0.05, 0.1) is 11.9 Å². The molecular weight excluding hydrogens is 505 g/mol. The Hall–Kier alpha value is -3.72. The largest absolute Gasteiger partial charge is 0.357 e. The van der Waals surface area contributed by atoms with E-state index in [-0.39, 0.29) is 37.7 Å². The van der Waals surface area contributed by atoms with Crippen molar-refractivity contribution in [3.8, 4) is 0 Å². The number of likely N-dealkylation sites (N-methyl/N-ethyl adjacent to an activating group) is 1. The molecule has 0 fully saturated rings. The zero-order valence-corrected chi connectivity index (χ0v) is 22.7. The van der Waals surface area contributed by atoms with E-state index in [1.54, 1.807) is 11.9 Å². The lowest BCUT2D eigenvalue weighted by atomic mass is 10.0. The van der Waals surface area contributed by atoms with Crippen LogP contribution in [-0.2, 0) is 32.6 Å². The molecule has 0 radical (unpaired) electrons. The molecule has 1 unspecified atom stereocenters. The minimum Gasteiger partial charge on any atom is -0.357 e. The molecule has 0 saturated carbocycles. The lowest BCUT2D eigenvalue weighted by Gasteiger charge is -2.32. The van der Waals surface area contributed by atoms with Crippen LogP contribution in [0.25, 0.3) is 0 Å². The van der Waals surface area contributed by atoms with E-state index < -0.39 is 21.9 Å². The highest BCUT2D eigenvalue weighted by atomic mass is 32.2. The minimum atomic E-state index is -3.66. The van der Waals surface area contributed by atoms with Crippen molar-refractivity contribution in [3.05, 3.63) is 101 Å². The van der Waals surface area contributed by atoms with Gasteiger partial charge >= 0.3 is 0 Å². The quantitative estimate of drug-likeness (QED) is 0.376. The van der Waals surface area contributed by atoms with E-state index in [1.807, 2.05) is 61.5 Å². The SMILES string of the molecule is CNC(=O)C(Cc1ccccc1)N(Cc1ccccc1C)C(=O)CCCN(c1ccc(F)cc1)S(C)(=O)=O. The summed E-state index contributed by atoms with van der Waals surface area (Å²) < 4.78 is 39.4. The summed E-state index contributed by atoms with van der Waals surface area (Å²) in [6.45, 7) is 2.23. The smallest absolute Gasteiger partial charge is 0.242 e. The third-order valence-electron chi connectivity index (χ3n) is 6.39. The van der Waals surface area contributed by atoms with Crippen molar-refractivity contribution in [2.75, 3.05) is 24.2 Å². The van der Waals surface area contributed by atoms with Gasteiger partial charge in [0.15, 0.2) is 0 Å². The van der Waals surface area contributed by atoms with Crippen LogP contribution in [0.1, 0.15) is 29.5 Å². The number of sulfonamides is 1. The molecule has 3 rings (SSSR count). The number of amides is 2. The monoisotopic (exact) mass is 539 g/mol. The first-order chi connectivity index (χ1) is 18.1. The molecule has 0 saturated heterocycles. The Morgan fingerprint density at radius 1 is 0.947 bits per heavy atom. The van der Waals surface area contributed by atoms with Crippen LogP contribution in [0.5, 0.6) is 0 Å². The van der Waals surface area contributed by atoms with Crippen LogP contribution >= 0.6 is 0 Å². The second kappa shape index (κ2) is 13.2. The molecule has 0 bridgehead atoms. The second-order valence-corrected chi connectivity index (χ2v) is 11.1. The van der Waals surface area contributed by atoms with Gasteiger partial charge in [-0.2, -0.15) is 0 Å². The van der Waals surface area contributed by atoms with Crippen LogP contribution in [-0.4, -0.2) is 51.0 Å². The minimum absolute atomic E-state index is 0.0291. The zero-order valence-electron chi connectivity index (χ0n) is 21.9. The van der Waals surface area contributed by atoms with Gasteiger partial charge in [0.2, 0.25) is 21.8 Å². The molecule has 3 aromatic rings. The summed E-state index contributed by atoms with van der Waals surface area (Å²) in [7, 11) is -2.11. The summed E-state index contributed by atoms with van der Waals surface area (Å²) in [5.74, 6) is -1.01. The fourth-order valence-corrected chi connectivity index (χ4v) is 5.27. The third-order valence-corrected chi connectivity index (χ3v) is 7.58. The van der Waals surface area contributed by atoms with E-state index >= 15 is 0 Å². The van der Waals surface area contributed by atoms with Gasteiger partial charge in [-0.3, -0.25) is 13.9 Å². The van der Waals surface area contributed by atoms with E-state index in [9.17, 15) is 22.4 Å². The van der Waals surface area contributed by atoms with Crippen LogP contribution in [0.15, 0.2) is 78.9 Å². The lowest BCUT2D eigenvalue weighted by Crippen LogP contribution is -2.50. The molecule has 0 spiro atoms. The molecule has 0 heterocycles. The van der Waals surface area contributed by atoms with Crippen LogP contribution in [0, 0.1) is 12.7 Å². The number of halogens is 1. The average molecular weight is 540 g/mol. The summed E-state index contributed by atoms with van der Waals surface area (Å²) >= 11 is 0. The number of hydrogen-bond donors (Lipinski definition) is 1. The van der Waals surface area contributed by atoms with Crippen LogP contribution < -0.4 is 9.62 Å². The molecule has 3 aromatic carbocycles. The summed E-state index contributed by atoms with van der Waals surface area (Å²) in [6, 6.07) is 21.6. The highest BCUT2D eigenvalue weighted by Crippen LogP contribution is 2.21. The standard InChI is InChI=1S/C29H34FN3O4S/c1-22-10-7-8-13-24(22)21-32(27(29(35)31-2)20-23-11-5-4-6-12-23)28(34)14-9-19-33(38(3,36)37)26-17-15-25(30)16-18-26/h4-8,10-13,15-18,27H,9,14,19-21H2,1-3H3,(H,31,35). The number of carbonyl (C=O) groups is 2. The maximum Gasteiger partial charge on any atom is 0.242 e. The van der Waals surface area contributed by atoms with Gasteiger partial charge in [-0.15, -0.1) is 0 Å². The first kappa shape index (κ1) is 28.8. The van der Waals surface area contributed by atoms with Crippen molar-refractivity contribution in [1.29, 1.82) is 0 Å². The Balaban J connectivity index is 1.84. The normalized spacial score (nSPS) is 12.0. The second-order valence-electron chi connectivity index (χ2n) is 9.18. The summed E-state index contributed by atoms with van der Waals surface area (Å²) in [4.78, 5) is 28.3. The molecule has 7 nitrogen and oxygen atoms in total. The Labute approximate surface area is 224 Å². The van der Waals surface area contributed by atoms with Crippen molar-refractivity contribution in [2.24, 2.45) is 0 Å². The highest BCUT2D eigenvalue weighted by Gasteiger charge is 2.30. The number of benzene rings is 3. The molecule has 0 aliphatic rings. The maximum absolute atomic E-state index is 13.7. The number of carbonyl (C=O) groups excluding carboxylic acids is 2. The van der Waals surface area contributed by atoms with Crippen molar-refractivity contribution >= 4 is 27.5 Å². The van der Waals surface area contributed by atoms with Crippen molar-refractivity contribution in [3.63, 3.8) is 0 Å². The number of rotatable bonds is 12. The zero-order chi connectivity index (χ0) is 27.7. The Morgan fingerprint density at radius 3 is 2.18 bits per heavy atom. The van der Waals surface area contributed by atoms with E-state index in [4.69, 9.17) is 0 Å². The topological polar surface area (TPSA) is 86.8 Å². The van der Waals surface area contributed by atoms with E-state index in [0.29, 0.717) is 12.1 Å². The van der Waals surface area contributed by atoms with Gasteiger partial charge < -0.3 is 10.2 Å². The fraction of sp³-hybridized carbons (Fsp3) is 0.310. The molecule has 202 valence electrons. The number of hydrogen-bond acceptors (Lipinski definition) is 4. The molecule has 38 heavy (non-hydrogen) atoms. The molecule has 0 aliphatic heterocycles. The highest BCUT2D eigenvalue weighted by molar-refractivity contribution is 7.92. The number of nitrogens with one attached hydrogen (secondary N) is 1. The first-order valence-electron chi connectivity index (χ1n) is 12.4. The van der Waals surface area contributed by atoms with Gasteiger partial charge in [-0.25, -0.2) is 12.8 Å². The van der Waals surface area contributed by atoms with Gasteiger partial charge in [0.25, 0.3) is 0 Å². The number of aryl methyl sites for hydroxylation is 1. The Morgan fingerprint density at radius 2 is 1.58 bits per heavy atom. The summed E-state index contributed by atoms with van der Waals surface area (Å²) in [5.41, 5.74) is 3.17. The van der Waals surface area contributed by atoms with Gasteiger partial charge in [0, 0.05) is 33.0 Å². The van der Waals surface area contributed by atoms with Gasteiger partial charge in [-0.1, -0.05) is 54.6 Å². The Kier molecular flexibility index (Phi) is 10.0. The summed E-state index contributed by atoms with van der Waals surface area (Å²) in [5, 5.41) is 2.69. The number of anilines is 1. The van der Waals surface area contributed by atoms with Crippen molar-refractivity contribution in [2.45, 2.75) is 38.8 Å². The first-order valence-corrected chi connectivity index (χ1v) is 14.3. The summed E-state index contributed by atoms with van der Waals surface area (Å²) in [6.07, 6.45) is 1.66. The molecule has 0 aliphatic carbocycles. The molecule has 0 aromatic heterocycles. The van der Waals surface area contributed by atoms with E-state index in [0.717, 1.165) is 27.3 Å².